The largest absolute Gasteiger partial charge is 0.383 e. The molecule has 3 N–H and O–H groups in total. The molecule has 3 atom stereocenters. The van der Waals surface area contributed by atoms with Crippen LogP contribution < -0.4 is 16.0 Å². The van der Waals surface area contributed by atoms with Crippen LogP contribution >= 0.6 is 0 Å². The van der Waals surface area contributed by atoms with E-state index in [9.17, 15) is 26.3 Å². The third-order valence-corrected chi connectivity index (χ3v) is 23.7. The molecule has 0 bridgehead atoms. The van der Waals surface area contributed by atoms with Gasteiger partial charge in [0.25, 0.3) is 0 Å². The van der Waals surface area contributed by atoms with E-state index in [0.29, 0.717) is 37.1 Å². The Morgan fingerprint density at radius 1 is 0.410 bits per heavy atom. The molecule has 1 saturated carbocycles. The second-order valence-electron chi connectivity index (χ2n) is 31.6. The van der Waals surface area contributed by atoms with Crippen LogP contribution in [-0.2, 0) is 43.3 Å². The first-order valence-electron chi connectivity index (χ1n) is 41.2. The van der Waals surface area contributed by atoms with E-state index in [1.807, 2.05) is 91.4 Å². The molecule has 12 aromatic rings. The van der Waals surface area contributed by atoms with Gasteiger partial charge in [0.2, 0.25) is 17.8 Å². The Balaban J connectivity index is 0.000000138. The zero-order chi connectivity index (χ0) is 80.7. The van der Waals surface area contributed by atoms with Crippen LogP contribution in [0.4, 0.5) is 61.2 Å². The number of rotatable bonds is 25. The number of halogens is 6. The standard InChI is InChI=1S/C33H35F2N5O.C33H34F2N4.C31H32F2N4/c1-41-19-18-40-16-14-39(15-17-40)13-12-23-6-9-26(10-7-23)37-33-36-22-25-20-29(24-8-11-30(34)31(35)21-24)27-4-2-3-5-28(27)32(25)38-33;1-39(26-7-3-2-4-8-26)18-17-22-11-14-25(15-12-22)37-33-36-21-24-19-29(23-13-16-30(34)31(35)20-23)27-9-5-6-10-28(27)32(24)38-33;1-3-4-16-37(2)17-15-21-9-12-24(13-10-21)35-31-34-20-23-18-27(22-11-14-28(32)29(33)19-22)25-7-5-6-8-26(25)30(23)36-31/h2-11,21-22,29H,12-20H2,1H3,(H,36,37,38);5-6,9-16,20-21,26,29H,2-4,7-8,17-19H2,1H3,(H,36,37,38);5-14,19-20,27H,3-4,15-18H2,1-2H3,(H,34,35,36). The molecular formula is C97H101F6N13O. The van der Waals surface area contributed by atoms with Gasteiger partial charge in [-0.15, -0.1) is 0 Å². The van der Waals surface area contributed by atoms with Crippen LogP contribution in [0.25, 0.3) is 33.8 Å². The van der Waals surface area contributed by atoms with Gasteiger partial charge in [-0.3, -0.25) is 4.90 Å². The van der Waals surface area contributed by atoms with E-state index in [1.54, 1.807) is 25.3 Å². The summed E-state index contributed by atoms with van der Waals surface area (Å²) in [7, 11) is 6.20. The number of fused-ring (bicyclic) bond motifs is 9. The lowest BCUT2D eigenvalue weighted by molar-refractivity contribution is 0.0976. The van der Waals surface area contributed by atoms with Crippen molar-refractivity contribution in [3.8, 4) is 33.8 Å². The van der Waals surface area contributed by atoms with E-state index in [0.717, 1.165) is 192 Å². The Hall–Kier alpha value is -11.0. The van der Waals surface area contributed by atoms with Gasteiger partial charge < -0.3 is 35.4 Å². The molecule has 4 heterocycles. The number of ether oxygens (including phenoxy) is 1. The summed E-state index contributed by atoms with van der Waals surface area (Å²) in [6.45, 7) is 12.8. The Morgan fingerprint density at radius 2 is 0.778 bits per heavy atom. The van der Waals surface area contributed by atoms with Gasteiger partial charge in [0, 0.05) is 136 Å². The van der Waals surface area contributed by atoms with Gasteiger partial charge in [-0.05, 0) is 218 Å². The van der Waals surface area contributed by atoms with Crippen molar-refractivity contribution >= 4 is 34.9 Å². The molecule has 117 heavy (non-hydrogen) atoms. The number of methoxy groups -OCH3 is 1. The van der Waals surface area contributed by atoms with Crippen molar-refractivity contribution in [3.05, 3.63) is 320 Å². The number of unbranched alkanes of at least 4 members (excludes halogenated alkanes) is 1. The lowest BCUT2D eigenvalue weighted by Gasteiger charge is -2.34. The average molecular weight is 1580 g/mol. The molecule has 0 radical (unpaired) electrons. The van der Waals surface area contributed by atoms with Crippen LogP contribution in [0.15, 0.2) is 219 Å². The van der Waals surface area contributed by atoms with E-state index in [-0.39, 0.29) is 17.8 Å². The van der Waals surface area contributed by atoms with E-state index < -0.39 is 34.9 Å². The Labute approximate surface area is 682 Å². The minimum absolute atomic E-state index is 0.0871. The van der Waals surface area contributed by atoms with Gasteiger partial charge in [-0.2, -0.15) is 0 Å². The highest BCUT2D eigenvalue weighted by Gasteiger charge is 2.32. The third kappa shape index (κ3) is 20.2. The molecule has 3 unspecified atom stereocenters. The van der Waals surface area contributed by atoms with Crippen molar-refractivity contribution in [2.45, 2.75) is 114 Å². The quantitative estimate of drug-likeness (QED) is 0.0468. The Kier molecular flexibility index (Phi) is 26.6. The fraction of sp³-hybridized carbons (Fsp3) is 0.320. The molecule has 17 rings (SSSR count). The monoisotopic (exact) mass is 1580 g/mol. The first-order chi connectivity index (χ1) is 57.1. The predicted molar refractivity (Wildman–Crippen MR) is 455 cm³/mol. The summed E-state index contributed by atoms with van der Waals surface area (Å²) in [5, 5.41) is 10.1. The van der Waals surface area contributed by atoms with E-state index in [1.165, 1.54) is 98.0 Å². The molecule has 4 aliphatic carbocycles. The molecule has 602 valence electrons. The van der Waals surface area contributed by atoms with Crippen LogP contribution in [0.5, 0.6) is 0 Å². The number of hydrogen-bond donors (Lipinski definition) is 3. The molecular weight excluding hydrogens is 1480 g/mol. The van der Waals surface area contributed by atoms with Crippen molar-refractivity contribution in [2.75, 3.05) is 103 Å². The first-order valence-corrected chi connectivity index (χ1v) is 41.2. The van der Waals surface area contributed by atoms with Crippen LogP contribution in [0, 0.1) is 34.9 Å². The van der Waals surface area contributed by atoms with Crippen molar-refractivity contribution in [1.29, 1.82) is 0 Å². The Bertz CT molecular complexity index is 5350. The van der Waals surface area contributed by atoms with Crippen LogP contribution in [0.2, 0.25) is 0 Å². The van der Waals surface area contributed by atoms with E-state index >= 15 is 0 Å². The fourth-order valence-corrected chi connectivity index (χ4v) is 16.9. The van der Waals surface area contributed by atoms with E-state index in [2.05, 4.69) is 144 Å². The molecule has 2 fully saturated rings. The number of piperazine rings is 1. The molecule has 9 aromatic carbocycles. The lowest BCUT2D eigenvalue weighted by atomic mass is 9.78. The lowest BCUT2D eigenvalue weighted by Crippen LogP contribution is -2.47. The van der Waals surface area contributed by atoms with Gasteiger partial charge in [0.1, 0.15) is 0 Å². The van der Waals surface area contributed by atoms with Crippen LogP contribution in [0.1, 0.15) is 136 Å². The normalized spacial score (nSPS) is 16.3. The van der Waals surface area contributed by atoms with E-state index in [4.69, 9.17) is 19.7 Å². The molecule has 14 nitrogen and oxygen atoms in total. The number of aromatic nitrogens is 6. The molecule has 0 amide bonds. The van der Waals surface area contributed by atoms with Crippen molar-refractivity contribution in [1.82, 2.24) is 49.5 Å². The SMILES string of the molecule is CCCCN(C)CCc1ccc(Nc2ncc3c(n2)-c2ccccc2C(c2ccc(F)c(F)c2)C3)cc1.CN(CCc1ccc(Nc2ncc3c(n2)-c2ccccc2C(c2ccc(F)c(F)c2)C3)cc1)C1CCCCC1.COCCN1CCN(CCc2ccc(Nc3ncc4c(n3)-c3ccccc3C(c3ccc(F)c(F)c3)C4)cc2)CC1. The second-order valence-corrected chi connectivity index (χ2v) is 31.6. The summed E-state index contributed by atoms with van der Waals surface area (Å²) in [6.07, 6.45) is 19.7. The van der Waals surface area contributed by atoms with Crippen LogP contribution in [0.3, 0.4) is 0 Å². The van der Waals surface area contributed by atoms with Crippen molar-refractivity contribution < 1.29 is 31.1 Å². The summed E-state index contributed by atoms with van der Waals surface area (Å²) in [5.74, 6) is -3.65. The number of likely N-dealkylation sites (N-methyl/N-ethyl adjacent to an activating group) is 2. The van der Waals surface area contributed by atoms with Crippen LogP contribution in [-0.4, -0.2) is 142 Å². The highest BCUT2D eigenvalue weighted by atomic mass is 19.2. The minimum atomic E-state index is -0.835. The smallest absolute Gasteiger partial charge is 0.227 e. The number of benzene rings is 9. The maximum Gasteiger partial charge on any atom is 0.227 e. The summed E-state index contributed by atoms with van der Waals surface area (Å²) in [4.78, 5) is 38.3. The zero-order valence-electron chi connectivity index (χ0n) is 67.0. The number of anilines is 6. The zero-order valence-corrected chi connectivity index (χ0v) is 67.0. The maximum atomic E-state index is 14.1. The van der Waals surface area contributed by atoms with Crippen molar-refractivity contribution in [3.63, 3.8) is 0 Å². The minimum Gasteiger partial charge on any atom is -0.383 e. The fourth-order valence-electron chi connectivity index (χ4n) is 16.9. The highest BCUT2D eigenvalue weighted by molar-refractivity contribution is 5.76. The summed E-state index contributed by atoms with van der Waals surface area (Å²) in [5.41, 5.74) is 20.7. The molecule has 0 spiro atoms. The number of nitrogens with one attached hydrogen (secondary N) is 3. The summed E-state index contributed by atoms with van der Waals surface area (Å²) in [6, 6.07) is 62.8. The summed E-state index contributed by atoms with van der Waals surface area (Å²) >= 11 is 0. The van der Waals surface area contributed by atoms with Gasteiger partial charge in [-0.1, -0.05) is 160 Å². The molecule has 3 aromatic heterocycles. The topological polar surface area (TPSA) is 136 Å². The summed E-state index contributed by atoms with van der Waals surface area (Å²) < 4.78 is 88.0. The Morgan fingerprint density at radius 3 is 1.15 bits per heavy atom. The first kappa shape index (κ1) is 81.2. The number of nitrogens with zero attached hydrogens (tertiary/aromatic N) is 10. The molecule has 1 saturated heterocycles. The van der Waals surface area contributed by atoms with Crippen molar-refractivity contribution in [2.24, 2.45) is 0 Å². The number of hydrogen-bond acceptors (Lipinski definition) is 14. The second kappa shape index (κ2) is 38.4. The highest BCUT2D eigenvalue weighted by Crippen LogP contribution is 2.46. The molecule has 5 aliphatic rings. The van der Waals surface area contributed by atoms with Gasteiger partial charge in [0.15, 0.2) is 34.9 Å². The molecule has 20 heteroatoms. The third-order valence-electron chi connectivity index (χ3n) is 23.7. The predicted octanol–water partition coefficient (Wildman–Crippen LogP) is 20.4. The van der Waals surface area contributed by atoms with Gasteiger partial charge in [-0.25, -0.2) is 56.2 Å². The van der Waals surface area contributed by atoms with Gasteiger partial charge >= 0.3 is 0 Å². The maximum absolute atomic E-state index is 14.1. The average Bonchev–Trinajstić information content (AvgIpc) is 0.768. The van der Waals surface area contributed by atoms with Gasteiger partial charge in [0.05, 0.1) is 23.7 Å². The molecule has 1 aliphatic heterocycles.